The first kappa shape index (κ1) is 16.3. The Bertz CT molecular complexity index is 508. The SMILES string of the molecule is CC(Oc1ccc(Cl)cc1)C(=O)NC(C)(C#N)C(C)C. The lowest BCUT2D eigenvalue weighted by atomic mass is 9.90. The zero-order valence-electron chi connectivity index (χ0n) is 12.1. The van der Waals surface area contributed by atoms with E-state index in [0.717, 1.165) is 0 Å². The zero-order chi connectivity index (χ0) is 15.3. The van der Waals surface area contributed by atoms with E-state index in [0.29, 0.717) is 10.8 Å². The Morgan fingerprint density at radius 1 is 1.35 bits per heavy atom. The predicted octanol–water partition coefficient (Wildman–Crippen LogP) is 3.16. The second-order valence-corrected chi connectivity index (χ2v) is 5.61. The van der Waals surface area contributed by atoms with Crippen molar-refractivity contribution in [2.75, 3.05) is 0 Å². The topological polar surface area (TPSA) is 62.1 Å². The van der Waals surface area contributed by atoms with E-state index in [1.165, 1.54) is 0 Å². The maximum Gasteiger partial charge on any atom is 0.262 e. The van der Waals surface area contributed by atoms with Crippen LogP contribution in [0.1, 0.15) is 27.7 Å². The van der Waals surface area contributed by atoms with Crippen molar-refractivity contribution in [3.05, 3.63) is 29.3 Å². The van der Waals surface area contributed by atoms with Gasteiger partial charge in [0, 0.05) is 5.02 Å². The molecule has 1 aromatic rings. The molecule has 0 aliphatic heterocycles. The first-order valence-electron chi connectivity index (χ1n) is 6.44. The molecule has 20 heavy (non-hydrogen) atoms. The molecule has 5 heteroatoms. The first-order valence-corrected chi connectivity index (χ1v) is 6.82. The van der Waals surface area contributed by atoms with Crippen LogP contribution in [0.3, 0.4) is 0 Å². The number of nitrogens with zero attached hydrogens (tertiary/aromatic N) is 1. The van der Waals surface area contributed by atoms with Crippen molar-refractivity contribution in [3.63, 3.8) is 0 Å². The number of hydrogen-bond donors (Lipinski definition) is 1. The average Bonchev–Trinajstić information content (AvgIpc) is 2.40. The number of amides is 1. The quantitative estimate of drug-likeness (QED) is 0.907. The summed E-state index contributed by atoms with van der Waals surface area (Å²) in [6.45, 7) is 7.11. The Balaban J connectivity index is 2.68. The minimum atomic E-state index is -0.908. The van der Waals surface area contributed by atoms with Crippen LogP contribution < -0.4 is 10.1 Å². The molecule has 2 unspecified atom stereocenters. The zero-order valence-corrected chi connectivity index (χ0v) is 12.9. The normalized spacial score (nSPS) is 15.1. The fourth-order valence-corrected chi connectivity index (χ4v) is 1.56. The van der Waals surface area contributed by atoms with E-state index in [2.05, 4.69) is 11.4 Å². The van der Waals surface area contributed by atoms with Crippen LogP contribution in [0.4, 0.5) is 0 Å². The molecule has 0 spiro atoms. The molecule has 0 radical (unpaired) electrons. The standard InChI is InChI=1S/C15H19ClN2O2/c1-10(2)15(4,9-17)18-14(19)11(3)20-13-7-5-12(16)6-8-13/h5-8,10-11H,1-4H3,(H,18,19). The molecular formula is C15H19ClN2O2. The number of nitrogens with one attached hydrogen (secondary N) is 1. The summed E-state index contributed by atoms with van der Waals surface area (Å²) in [7, 11) is 0. The molecule has 2 atom stereocenters. The summed E-state index contributed by atoms with van der Waals surface area (Å²) in [6, 6.07) is 8.89. The minimum Gasteiger partial charge on any atom is -0.481 e. The van der Waals surface area contributed by atoms with Crippen LogP contribution in [-0.2, 0) is 4.79 Å². The van der Waals surface area contributed by atoms with Gasteiger partial charge in [-0.3, -0.25) is 4.79 Å². The third-order valence-electron chi connectivity index (χ3n) is 3.27. The molecule has 0 aliphatic rings. The summed E-state index contributed by atoms with van der Waals surface area (Å²) < 4.78 is 5.52. The summed E-state index contributed by atoms with van der Waals surface area (Å²) in [5, 5.41) is 12.5. The van der Waals surface area contributed by atoms with Gasteiger partial charge in [-0.1, -0.05) is 25.4 Å². The van der Waals surface area contributed by atoms with E-state index in [1.54, 1.807) is 38.1 Å². The van der Waals surface area contributed by atoms with Crippen LogP contribution in [-0.4, -0.2) is 17.6 Å². The van der Waals surface area contributed by atoms with Crippen molar-refractivity contribution in [2.45, 2.75) is 39.3 Å². The van der Waals surface area contributed by atoms with Crippen LogP contribution in [0.15, 0.2) is 24.3 Å². The second kappa shape index (κ2) is 6.62. The highest BCUT2D eigenvalue weighted by molar-refractivity contribution is 6.30. The molecule has 0 saturated heterocycles. The highest BCUT2D eigenvalue weighted by Crippen LogP contribution is 2.18. The minimum absolute atomic E-state index is 0.000758. The highest BCUT2D eigenvalue weighted by atomic mass is 35.5. The molecule has 1 rings (SSSR count). The number of halogens is 1. The molecule has 0 heterocycles. The van der Waals surface area contributed by atoms with Crippen molar-refractivity contribution < 1.29 is 9.53 Å². The lowest BCUT2D eigenvalue weighted by Gasteiger charge is -2.28. The summed E-state index contributed by atoms with van der Waals surface area (Å²) in [5.74, 6) is 0.233. The molecule has 1 aromatic carbocycles. The largest absolute Gasteiger partial charge is 0.481 e. The average molecular weight is 295 g/mol. The molecule has 0 aromatic heterocycles. The number of nitriles is 1. The molecule has 0 aliphatic carbocycles. The Labute approximate surface area is 124 Å². The van der Waals surface area contributed by atoms with Gasteiger partial charge in [0.05, 0.1) is 6.07 Å². The van der Waals surface area contributed by atoms with Crippen LogP contribution in [0, 0.1) is 17.2 Å². The maximum atomic E-state index is 12.1. The number of carbonyl (C=O) groups excluding carboxylic acids is 1. The van der Waals surface area contributed by atoms with Gasteiger partial charge < -0.3 is 10.1 Å². The fraction of sp³-hybridized carbons (Fsp3) is 0.467. The van der Waals surface area contributed by atoms with Crippen molar-refractivity contribution >= 4 is 17.5 Å². The Morgan fingerprint density at radius 2 is 1.90 bits per heavy atom. The lowest BCUT2D eigenvalue weighted by molar-refractivity contribution is -0.128. The molecule has 108 valence electrons. The number of carbonyl (C=O) groups is 1. The van der Waals surface area contributed by atoms with Gasteiger partial charge in [0.2, 0.25) is 0 Å². The summed E-state index contributed by atoms with van der Waals surface area (Å²) >= 11 is 5.78. The summed E-state index contributed by atoms with van der Waals surface area (Å²) in [6.07, 6.45) is -0.692. The monoisotopic (exact) mass is 294 g/mol. The van der Waals surface area contributed by atoms with Gasteiger partial charge in [-0.15, -0.1) is 0 Å². The van der Waals surface area contributed by atoms with E-state index < -0.39 is 11.6 Å². The fourth-order valence-electron chi connectivity index (χ4n) is 1.43. The van der Waals surface area contributed by atoms with Gasteiger partial charge in [0.25, 0.3) is 5.91 Å². The van der Waals surface area contributed by atoms with E-state index in [-0.39, 0.29) is 11.8 Å². The van der Waals surface area contributed by atoms with Crippen molar-refractivity contribution in [3.8, 4) is 11.8 Å². The number of rotatable bonds is 5. The van der Waals surface area contributed by atoms with E-state index in [9.17, 15) is 10.1 Å². The molecule has 0 saturated carbocycles. The van der Waals surface area contributed by atoms with E-state index in [1.807, 2.05) is 13.8 Å². The van der Waals surface area contributed by atoms with Crippen LogP contribution >= 0.6 is 11.6 Å². The third kappa shape index (κ3) is 4.14. The van der Waals surface area contributed by atoms with Gasteiger partial charge >= 0.3 is 0 Å². The summed E-state index contributed by atoms with van der Waals surface area (Å²) in [4.78, 5) is 12.1. The molecule has 4 nitrogen and oxygen atoms in total. The maximum absolute atomic E-state index is 12.1. The first-order chi connectivity index (χ1) is 9.28. The molecule has 1 N–H and O–H groups in total. The van der Waals surface area contributed by atoms with Crippen molar-refractivity contribution in [1.82, 2.24) is 5.32 Å². The lowest BCUT2D eigenvalue weighted by Crippen LogP contribution is -2.52. The number of hydrogen-bond acceptors (Lipinski definition) is 3. The predicted molar refractivity (Wildman–Crippen MR) is 78.5 cm³/mol. The number of ether oxygens (including phenoxy) is 1. The van der Waals surface area contributed by atoms with Crippen molar-refractivity contribution in [2.24, 2.45) is 5.92 Å². The van der Waals surface area contributed by atoms with Gasteiger partial charge in [0.15, 0.2) is 6.10 Å². The molecule has 1 amide bonds. The van der Waals surface area contributed by atoms with Gasteiger partial charge in [-0.2, -0.15) is 5.26 Å². The smallest absolute Gasteiger partial charge is 0.262 e. The third-order valence-corrected chi connectivity index (χ3v) is 3.52. The van der Waals surface area contributed by atoms with Gasteiger partial charge in [-0.05, 0) is 44.0 Å². The molecular weight excluding hydrogens is 276 g/mol. The molecule has 0 bridgehead atoms. The van der Waals surface area contributed by atoms with Crippen molar-refractivity contribution in [1.29, 1.82) is 5.26 Å². The summed E-state index contributed by atoms with van der Waals surface area (Å²) in [5.41, 5.74) is -0.908. The Morgan fingerprint density at radius 3 is 2.35 bits per heavy atom. The van der Waals surface area contributed by atoms with Gasteiger partial charge in [0.1, 0.15) is 11.3 Å². The van der Waals surface area contributed by atoms with Crippen LogP contribution in [0.5, 0.6) is 5.75 Å². The van der Waals surface area contributed by atoms with Crippen LogP contribution in [0.2, 0.25) is 5.02 Å². The van der Waals surface area contributed by atoms with E-state index >= 15 is 0 Å². The second-order valence-electron chi connectivity index (χ2n) is 5.17. The molecule has 0 fully saturated rings. The number of benzene rings is 1. The highest BCUT2D eigenvalue weighted by Gasteiger charge is 2.32. The Kier molecular flexibility index (Phi) is 5.41. The van der Waals surface area contributed by atoms with Gasteiger partial charge in [-0.25, -0.2) is 0 Å². The Hall–Kier alpha value is -1.73. The van der Waals surface area contributed by atoms with E-state index in [4.69, 9.17) is 16.3 Å². The van der Waals surface area contributed by atoms with Crippen LogP contribution in [0.25, 0.3) is 0 Å².